The lowest BCUT2D eigenvalue weighted by atomic mass is 10.1. The summed E-state index contributed by atoms with van der Waals surface area (Å²) in [5.74, 6) is -0.341. The van der Waals surface area contributed by atoms with Gasteiger partial charge in [-0.1, -0.05) is 24.3 Å². The third-order valence-electron chi connectivity index (χ3n) is 4.22. The molecule has 0 radical (unpaired) electrons. The van der Waals surface area contributed by atoms with Crippen LogP contribution in [-0.4, -0.2) is 42.5 Å². The van der Waals surface area contributed by atoms with E-state index in [0.29, 0.717) is 11.4 Å². The number of pyridine rings is 1. The number of methoxy groups -OCH3 is 1. The molecule has 9 heteroatoms. The smallest absolute Gasteiger partial charge is 0.258 e. The van der Waals surface area contributed by atoms with Crippen LogP contribution in [0.4, 0.5) is 0 Å². The van der Waals surface area contributed by atoms with Crippen molar-refractivity contribution in [2.75, 3.05) is 13.7 Å². The summed E-state index contributed by atoms with van der Waals surface area (Å²) in [7, 11) is -2.55. The molecule has 1 amide bonds. The molecule has 28 heavy (non-hydrogen) atoms. The number of rotatable bonds is 7. The Morgan fingerprint density at radius 2 is 1.86 bits per heavy atom. The third-order valence-corrected chi connectivity index (χ3v) is 6.03. The maximum Gasteiger partial charge on any atom is 0.258 e. The zero-order valence-electron chi connectivity index (χ0n) is 15.1. The molecule has 0 atom stereocenters. The van der Waals surface area contributed by atoms with Gasteiger partial charge >= 0.3 is 0 Å². The van der Waals surface area contributed by atoms with E-state index in [-0.39, 0.29) is 11.4 Å². The number of sulfonamides is 1. The number of nitrogens with one attached hydrogen (secondary N) is 1. The molecule has 0 aliphatic rings. The Bertz CT molecular complexity index is 1080. The van der Waals surface area contributed by atoms with Crippen LogP contribution in [0.25, 0.3) is 10.8 Å². The Labute approximate surface area is 162 Å². The molecule has 0 unspecified atom stereocenters. The second-order valence-corrected chi connectivity index (χ2v) is 7.90. The molecule has 1 aromatic heterocycles. The summed E-state index contributed by atoms with van der Waals surface area (Å²) in [5, 5.41) is 10.6. The number of benzene rings is 2. The maximum absolute atomic E-state index is 13.1. The number of amides is 1. The highest BCUT2D eigenvalue weighted by molar-refractivity contribution is 7.89. The van der Waals surface area contributed by atoms with Crippen LogP contribution < -0.4 is 10.2 Å². The highest BCUT2D eigenvalue weighted by Crippen LogP contribution is 2.23. The zero-order valence-corrected chi connectivity index (χ0v) is 15.9. The van der Waals surface area contributed by atoms with Gasteiger partial charge in [0, 0.05) is 11.6 Å². The molecule has 3 aromatic rings. The number of carbonyl (C=O) groups is 1. The molecule has 0 bridgehead atoms. The fourth-order valence-corrected chi connectivity index (χ4v) is 4.15. The first-order valence-corrected chi connectivity index (χ1v) is 9.79. The number of carbonyl (C=O) groups excluding carboxylic acids is 1. The quantitative estimate of drug-likeness (QED) is 0.463. The Kier molecular flexibility index (Phi) is 5.88. The van der Waals surface area contributed by atoms with Crippen LogP contribution in [0.15, 0.2) is 65.7 Å². The molecule has 0 saturated carbocycles. The van der Waals surface area contributed by atoms with Gasteiger partial charge in [0.15, 0.2) is 0 Å². The minimum absolute atomic E-state index is 0.000670. The highest BCUT2D eigenvalue weighted by atomic mass is 32.2. The van der Waals surface area contributed by atoms with E-state index < -0.39 is 22.5 Å². The number of hydroxylamine groups is 1. The van der Waals surface area contributed by atoms with Crippen molar-refractivity contribution in [1.82, 2.24) is 14.8 Å². The van der Waals surface area contributed by atoms with Gasteiger partial charge in [0.1, 0.15) is 5.75 Å². The second-order valence-electron chi connectivity index (χ2n) is 5.96. The first-order valence-electron chi connectivity index (χ1n) is 8.35. The van der Waals surface area contributed by atoms with Crippen LogP contribution in [0.1, 0.15) is 5.69 Å². The summed E-state index contributed by atoms with van der Waals surface area (Å²) in [6.07, 6.45) is 1.59. The maximum atomic E-state index is 13.1. The van der Waals surface area contributed by atoms with E-state index in [1.54, 1.807) is 6.20 Å². The van der Waals surface area contributed by atoms with E-state index in [9.17, 15) is 13.2 Å². The molecule has 3 rings (SSSR count). The minimum Gasteiger partial charge on any atom is -0.497 e. The highest BCUT2D eigenvalue weighted by Gasteiger charge is 2.28. The number of nitrogens with zero attached hydrogens (tertiary/aromatic N) is 2. The lowest BCUT2D eigenvalue weighted by Gasteiger charge is -2.21. The van der Waals surface area contributed by atoms with Crippen LogP contribution >= 0.6 is 0 Å². The predicted octanol–water partition coefficient (Wildman–Crippen LogP) is 1.94. The van der Waals surface area contributed by atoms with Crippen molar-refractivity contribution in [3.8, 4) is 5.75 Å². The van der Waals surface area contributed by atoms with E-state index >= 15 is 0 Å². The summed E-state index contributed by atoms with van der Waals surface area (Å²) in [5.41, 5.74) is 1.98. The summed E-state index contributed by atoms with van der Waals surface area (Å²) in [6.45, 7) is -0.696. The number of hydrogen-bond donors (Lipinski definition) is 2. The van der Waals surface area contributed by atoms with Crippen LogP contribution in [0, 0.1) is 0 Å². The Hall–Kier alpha value is -3.01. The summed E-state index contributed by atoms with van der Waals surface area (Å²) >= 11 is 0. The molecular formula is C19H19N3O5S. The van der Waals surface area contributed by atoms with Gasteiger partial charge < -0.3 is 4.74 Å². The average molecular weight is 401 g/mol. The molecule has 8 nitrogen and oxygen atoms in total. The van der Waals surface area contributed by atoms with Crippen molar-refractivity contribution < 1.29 is 23.2 Å². The van der Waals surface area contributed by atoms with E-state index in [1.807, 2.05) is 30.3 Å². The number of ether oxygens (including phenoxy) is 1. The molecule has 0 saturated heterocycles. The Morgan fingerprint density at radius 1 is 1.14 bits per heavy atom. The van der Waals surface area contributed by atoms with Crippen molar-refractivity contribution in [3.63, 3.8) is 0 Å². The lowest BCUT2D eigenvalue weighted by molar-refractivity contribution is -0.129. The largest absolute Gasteiger partial charge is 0.497 e. The summed E-state index contributed by atoms with van der Waals surface area (Å²) in [4.78, 5) is 16.0. The van der Waals surface area contributed by atoms with Crippen LogP contribution in [0.5, 0.6) is 5.75 Å². The summed E-state index contributed by atoms with van der Waals surface area (Å²) in [6, 6.07) is 15.1. The van der Waals surface area contributed by atoms with Crippen LogP contribution in [-0.2, 0) is 21.4 Å². The van der Waals surface area contributed by atoms with E-state index in [4.69, 9.17) is 9.94 Å². The lowest BCUT2D eigenvalue weighted by Crippen LogP contribution is -2.39. The Balaban J connectivity index is 2.01. The monoisotopic (exact) mass is 401 g/mol. The average Bonchev–Trinajstić information content (AvgIpc) is 2.73. The van der Waals surface area contributed by atoms with Gasteiger partial charge in [-0.05, 0) is 35.7 Å². The van der Waals surface area contributed by atoms with Crippen molar-refractivity contribution in [2.24, 2.45) is 0 Å². The van der Waals surface area contributed by atoms with Crippen molar-refractivity contribution in [2.45, 2.75) is 11.4 Å². The first kappa shape index (κ1) is 19.7. The standard InChI is InChI=1S/C19H19N3O5S/c1-27-15-6-8-16(9-7-15)28(25,26)22(13-19(23)21-24)12-18-17-5-3-2-4-14(17)10-11-20-18/h2-11,24H,12-13H2,1H3,(H,21,23). The molecule has 1 heterocycles. The number of fused-ring (bicyclic) bond motifs is 1. The van der Waals surface area contributed by atoms with Crippen molar-refractivity contribution in [3.05, 3.63) is 66.5 Å². The van der Waals surface area contributed by atoms with Gasteiger partial charge in [-0.15, -0.1) is 0 Å². The van der Waals surface area contributed by atoms with Crippen molar-refractivity contribution in [1.29, 1.82) is 0 Å². The number of hydrogen-bond acceptors (Lipinski definition) is 6. The van der Waals surface area contributed by atoms with E-state index in [0.717, 1.165) is 15.1 Å². The molecule has 0 aliphatic carbocycles. The molecule has 146 valence electrons. The minimum atomic E-state index is -4.03. The molecular weight excluding hydrogens is 382 g/mol. The zero-order chi connectivity index (χ0) is 20.1. The fourth-order valence-electron chi connectivity index (χ4n) is 2.79. The molecule has 0 aliphatic heterocycles. The molecule has 0 fully saturated rings. The van der Waals surface area contributed by atoms with E-state index in [2.05, 4.69) is 4.98 Å². The predicted molar refractivity (Wildman–Crippen MR) is 102 cm³/mol. The second kappa shape index (κ2) is 8.34. The van der Waals surface area contributed by atoms with Gasteiger partial charge in [-0.3, -0.25) is 15.0 Å². The van der Waals surface area contributed by atoms with E-state index in [1.165, 1.54) is 36.9 Å². The van der Waals surface area contributed by atoms with Crippen LogP contribution in [0.2, 0.25) is 0 Å². The van der Waals surface area contributed by atoms with Crippen LogP contribution in [0.3, 0.4) is 0 Å². The molecule has 2 N–H and O–H groups in total. The van der Waals surface area contributed by atoms with Gasteiger partial charge in [0.05, 0.1) is 30.8 Å². The van der Waals surface area contributed by atoms with Gasteiger partial charge in [0.25, 0.3) is 5.91 Å². The SMILES string of the molecule is COc1ccc(S(=O)(=O)N(CC(=O)NO)Cc2nccc3ccccc23)cc1. The molecule has 0 spiro atoms. The normalized spacial score (nSPS) is 11.5. The van der Waals surface area contributed by atoms with Gasteiger partial charge in [-0.2, -0.15) is 4.31 Å². The van der Waals surface area contributed by atoms with Gasteiger partial charge in [0.2, 0.25) is 10.0 Å². The first-order chi connectivity index (χ1) is 13.5. The fraction of sp³-hybridized carbons (Fsp3) is 0.158. The number of aromatic nitrogens is 1. The van der Waals surface area contributed by atoms with Crippen molar-refractivity contribution >= 4 is 26.7 Å². The summed E-state index contributed by atoms with van der Waals surface area (Å²) < 4.78 is 32.3. The molecule has 2 aromatic carbocycles. The van der Waals surface area contributed by atoms with Gasteiger partial charge in [-0.25, -0.2) is 13.9 Å². The Morgan fingerprint density at radius 3 is 2.54 bits per heavy atom. The third kappa shape index (κ3) is 4.11. The topological polar surface area (TPSA) is 109 Å².